The minimum absolute atomic E-state index is 0.706. The highest BCUT2D eigenvalue weighted by atomic mass is 32.2. The fourth-order valence-electron chi connectivity index (χ4n) is 1.88. The minimum Gasteiger partial charge on any atom is -0.466 e. The monoisotopic (exact) mass is 287 g/mol. The van der Waals surface area contributed by atoms with Gasteiger partial charge in [0, 0.05) is 0 Å². The number of carbonyl (C=O) groups excluding carboxylic acids is 2. The van der Waals surface area contributed by atoms with Crippen LogP contribution in [0.2, 0.25) is 0 Å². The number of fused-ring (bicyclic) bond motifs is 1. The highest BCUT2D eigenvalue weighted by Gasteiger charge is 2.68. The largest absolute Gasteiger partial charge is 0.466 e. The van der Waals surface area contributed by atoms with Gasteiger partial charge in [0.15, 0.2) is 0 Å². The molecule has 1 N–H and O–H groups in total. The van der Waals surface area contributed by atoms with E-state index in [1.165, 1.54) is 26.0 Å². The van der Waals surface area contributed by atoms with Gasteiger partial charge in [0.1, 0.15) is 4.87 Å². The molecule has 0 saturated carbocycles. The van der Waals surface area contributed by atoms with Crippen molar-refractivity contribution >= 4 is 23.7 Å². The van der Waals surface area contributed by atoms with Crippen LogP contribution in [0.5, 0.6) is 0 Å². The van der Waals surface area contributed by atoms with E-state index in [1.54, 1.807) is 13.2 Å². The van der Waals surface area contributed by atoms with Crippen LogP contribution in [0.15, 0.2) is 20.5 Å². The molecule has 0 aromatic rings. The van der Waals surface area contributed by atoms with Crippen LogP contribution in [-0.4, -0.2) is 48.7 Å². The minimum atomic E-state index is -1.73. The van der Waals surface area contributed by atoms with Crippen LogP contribution in [0.1, 0.15) is 6.92 Å². The van der Waals surface area contributed by atoms with E-state index in [-0.39, 0.29) is 0 Å². The number of ether oxygens (including phenoxy) is 2. The van der Waals surface area contributed by atoms with Gasteiger partial charge < -0.3 is 9.47 Å². The molecule has 3 rings (SSSR count). The average molecular weight is 287 g/mol. The molecule has 2 bridgehead atoms. The Bertz CT molecular complexity index is 479. The third-order valence-electron chi connectivity index (χ3n) is 3.11. The van der Waals surface area contributed by atoms with Gasteiger partial charge in [-0.05, 0) is 13.2 Å². The summed E-state index contributed by atoms with van der Waals surface area (Å²) in [6.07, 6.45) is 1.74. The fraction of sp³-hybridized carbons (Fsp3) is 0.778. The van der Waals surface area contributed by atoms with Crippen molar-refractivity contribution in [2.24, 2.45) is 20.5 Å². The SMILES string of the molecule is COC(=O)C12N=NC(C(=O)OC)(N=N1)[C@](C)(SC)N2. The number of thioether (sulfide) groups is 1. The summed E-state index contributed by atoms with van der Waals surface area (Å²) in [5.41, 5.74) is -1.64. The molecule has 0 saturated heterocycles. The summed E-state index contributed by atoms with van der Waals surface area (Å²) in [6.45, 7) is 1.67. The molecule has 1 atom stereocenters. The van der Waals surface area contributed by atoms with Gasteiger partial charge in [0.05, 0.1) is 14.2 Å². The van der Waals surface area contributed by atoms with Gasteiger partial charge in [0.2, 0.25) is 0 Å². The number of rotatable bonds is 3. The number of hydrogen-bond acceptors (Lipinski definition) is 10. The molecule has 19 heavy (non-hydrogen) atoms. The van der Waals surface area contributed by atoms with E-state index in [0.29, 0.717) is 0 Å². The molecule has 3 aliphatic heterocycles. The Morgan fingerprint density at radius 2 is 1.58 bits per heavy atom. The van der Waals surface area contributed by atoms with Gasteiger partial charge in [-0.1, -0.05) is 0 Å². The topological polar surface area (TPSA) is 114 Å². The van der Waals surface area contributed by atoms with Crippen molar-refractivity contribution in [3.63, 3.8) is 0 Å². The molecular weight excluding hydrogens is 274 g/mol. The van der Waals surface area contributed by atoms with E-state index in [4.69, 9.17) is 4.74 Å². The van der Waals surface area contributed by atoms with Crippen molar-refractivity contribution in [1.29, 1.82) is 0 Å². The van der Waals surface area contributed by atoms with Crippen LogP contribution in [-0.2, 0) is 19.1 Å². The van der Waals surface area contributed by atoms with Crippen LogP contribution >= 0.6 is 11.8 Å². The molecule has 10 heteroatoms. The maximum Gasteiger partial charge on any atom is 0.376 e. The lowest BCUT2D eigenvalue weighted by molar-refractivity contribution is -0.160. The van der Waals surface area contributed by atoms with E-state index in [0.717, 1.165) is 0 Å². The Balaban J connectivity index is 2.55. The van der Waals surface area contributed by atoms with E-state index >= 15 is 0 Å². The number of methoxy groups -OCH3 is 2. The predicted molar refractivity (Wildman–Crippen MR) is 64.3 cm³/mol. The maximum atomic E-state index is 12.0. The summed E-state index contributed by atoms with van der Waals surface area (Å²) in [5, 5.41) is 18.1. The number of hydrogen-bond donors (Lipinski definition) is 1. The predicted octanol–water partition coefficient (Wildman–Crippen LogP) is 0.283. The molecule has 0 aromatic heterocycles. The summed E-state index contributed by atoms with van der Waals surface area (Å²) in [5.74, 6) is -3.19. The first-order valence-electron chi connectivity index (χ1n) is 5.29. The maximum absolute atomic E-state index is 12.0. The lowest BCUT2D eigenvalue weighted by atomic mass is 9.99. The highest BCUT2D eigenvalue weighted by molar-refractivity contribution is 8.00. The Morgan fingerprint density at radius 1 is 1.05 bits per heavy atom. The lowest BCUT2D eigenvalue weighted by Gasteiger charge is -2.48. The zero-order valence-corrected chi connectivity index (χ0v) is 11.6. The second kappa shape index (κ2) is 4.23. The molecule has 0 unspecified atom stereocenters. The third kappa shape index (κ3) is 1.59. The number of esters is 2. The van der Waals surface area contributed by atoms with Crippen LogP contribution in [0.4, 0.5) is 0 Å². The fourth-order valence-corrected chi connectivity index (χ4v) is 2.57. The molecular formula is C9H13N5O4S. The van der Waals surface area contributed by atoms with Gasteiger partial charge in [-0.2, -0.15) is 0 Å². The molecule has 0 aromatic carbocycles. The van der Waals surface area contributed by atoms with Gasteiger partial charge >= 0.3 is 23.4 Å². The Labute approximate surface area is 113 Å². The highest BCUT2D eigenvalue weighted by Crippen LogP contribution is 2.47. The van der Waals surface area contributed by atoms with Crippen LogP contribution < -0.4 is 5.32 Å². The van der Waals surface area contributed by atoms with Gasteiger partial charge in [-0.15, -0.1) is 32.2 Å². The van der Waals surface area contributed by atoms with Crippen LogP contribution in [0.25, 0.3) is 0 Å². The van der Waals surface area contributed by atoms with Gasteiger partial charge in [-0.25, -0.2) is 14.9 Å². The number of nitrogens with one attached hydrogen (secondary N) is 1. The van der Waals surface area contributed by atoms with E-state index < -0.39 is 28.3 Å². The van der Waals surface area contributed by atoms with Crippen molar-refractivity contribution in [1.82, 2.24) is 5.32 Å². The number of azo groups is 2. The summed E-state index contributed by atoms with van der Waals surface area (Å²) in [7, 11) is 2.43. The zero-order valence-electron chi connectivity index (χ0n) is 10.8. The second-order valence-electron chi connectivity index (χ2n) is 4.09. The van der Waals surface area contributed by atoms with E-state index in [9.17, 15) is 9.59 Å². The average Bonchev–Trinajstić information content (AvgIpc) is 2.46. The first-order chi connectivity index (χ1) is 8.89. The quantitative estimate of drug-likeness (QED) is 0.746. The van der Waals surface area contributed by atoms with E-state index in [1.807, 2.05) is 0 Å². The molecule has 3 aliphatic rings. The molecule has 0 spiro atoms. The lowest BCUT2D eigenvalue weighted by Crippen LogP contribution is -2.73. The van der Waals surface area contributed by atoms with Crippen molar-refractivity contribution < 1.29 is 19.1 Å². The van der Waals surface area contributed by atoms with Crippen molar-refractivity contribution in [3.05, 3.63) is 0 Å². The molecule has 0 radical (unpaired) electrons. The molecule has 0 fully saturated rings. The first-order valence-corrected chi connectivity index (χ1v) is 6.51. The van der Waals surface area contributed by atoms with E-state index in [2.05, 4.69) is 30.5 Å². The van der Waals surface area contributed by atoms with Crippen molar-refractivity contribution in [2.75, 3.05) is 20.5 Å². The second-order valence-corrected chi connectivity index (χ2v) is 5.31. The molecule has 0 amide bonds. The molecule has 104 valence electrons. The standard InChI is InChI=1S/C9H13N5O4S/c1-7(19-4)8(5(15)17-2)11-13-9(10-7,14-12-8)6(16)18-3/h10H,1-4H3/t7-,8?,9?/m0/s1. The first kappa shape index (κ1) is 13.9. The van der Waals surface area contributed by atoms with Gasteiger partial charge in [0.25, 0.3) is 0 Å². The van der Waals surface area contributed by atoms with Crippen molar-refractivity contribution in [3.8, 4) is 0 Å². The number of carbonyl (C=O) groups is 2. The number of nitrogens with zero attached hydrogens (tertiary/aromatic N) is 4. The van der Waals surface area contributed by atoms with Crippen molar-refractivity contribution in [2.45, 2.75) is 23.2 Å². The Morgan fingerprint density at radius 3 is 2.00 bits per heavy atom. The normalized spacial score (nSPS) is 39.2. The summed E-state index contributed by atoms with van der Waals surface area (Å²) < 4.78 is 9.34. The Kier molecular flexibility index (Phi) is 3.09. The van der Waals surface area contributed by atoms with Crippen LogP contribution in [0.3, 0.4) is 0 Å². The summed E-state index contributed by atoms with van der Waals surface area (Å²) in [6, 6.07) is 0. The summed E-state index contributed by atoms with van der Waals surface area (Å²) in [4.78, 5) is 22.7. The van der Waals surface area contributed by atoms with Crippen LogP contribution in [0, 0.1) is 0 Å². The summed E-state index contributed by atoms with van der Waals surface area (Å²) >= 11 is 1.25. The Hall–Kier alpha value is -1.55. The van der Waals surface area contributed by atoms with Gasteiger partial charge in [-0.3, -0.25) is 0 Å². The smallest absolute Gasteiger partial charge is 0.376 e. The zero-order chi connectivity index (χ0) is 14.3. The third-order valence-corrected chi connectivity index (χ3v) is 4.31. The molecule has 9 nitrogen and oxygen atoms in total. The molecule has 0 aliphatic carbocycles. The molecule has 3 heterocycles.